The van der Waals surface area contributed by atoms with Crippen molar-refractivity contribution in [1.82, 2.24) is 5.32 Å². The van der Waals surface area contributed by atoms with Crippen LogP contribution in [0.5, 0.6) is 0 Å². The molecule has 17 heavy (non-hydrogen) atoms. The Hall–Kier alpha value is 0.140. The minimum absolute atomic E-state index is 0.363. The van der Waals surface area contributed by atoms with Gasteiger partial charge in [0.05, 0.1) is 0 Å². The average molecular weight is 318 g/mol. The fourth-order valence-electron chi connectivity index (χ4n) is 1.81. The van der Waals surface area contributed by atoms with Gasteiger partial charge in [0.15, 0.2) is 0 Å². The third-order valence-electron chi connectivity index (χ3n) is 3.24. The van der Waals surface area contributed by atoms with Crippen molar-refractivity contribution in [1.29, 1.82) is 0 Å². The zero-order valence-electron chi connectivity index (χ0n) is 11.3. The molecule has 1 rings (SSSR count). The number of rotatable bonds is 7. The molecular weight excluding hydrogens is 294 g/mol. The highest BCUT2D eigenvalue weighted by molar-refractivity contribution is 9.10. The number of hydrogen-bond donors (Lipinski definition) is 1. The summed E-state index contributed by atoms with van der Waals surface area (Å²) in [6.07, 6.45) is 2.37. The van der Waals surface area contributed by atoms with Gasteiger partial charge < -0.3 is 5.32 Å². The van der Waals surface area contributed by atoms with E-state index in [1.54, 1.807) is 0 Å². The highest BCUT2D eigenvalue weighted by Gasteiger charge is 2.23. The molecule has 0 bridgehead atoms. The summed E-state index contributed by atoms with van der Waals surface area (Å²) in [7, 11) is 0. The molecule has 1 unspecified atom stereocenters. The van der Waals surface area contributed by atoms with Crippen LogP contribution in [0.25, 0.3) is 0 Å². The van der Waals surface area contributed by atoms with Crippen molar-refractivity contribution < 1.29 is 0 Å². The second-order valence-electron chi connectivity index (χ2n) is 5.56. The van der Waals surface area contributed by atoms with Crippen molar-refractivity contribution >= 4 is 27.3 Å². The molecule has 0 fully saturated rings. The molecule has 0 saturated carbocycles. The molecule has 1 N–H and O–H groups in total. The van der Waals surface area contributed by atoms with Crippen molar-refractivity contribution in [2.75, 3.05) is 13.1 Å². The van der Waals surface area contributed by atoms with Crippen LogP contribution in [0.4, 0.5) is 0 Å². The first-order valence-electron chi connectivity index (χ1n) is 6.39. The van der Waals surface area contributed by atoms with Gasteiger partial charge in [-0.3, -0.25) is 0 Å². The molecule has 0 amide bonds. The summed E-state index contributed by atoms with van der Waals surface area (Å²) in [6, 6.07) is 2.15. The smallest absolute Gasteiger partial charge is 0.0314 e. The zero-order chi connectivity index (χ0) is 12.9. The Bertz CT molecular complexity index is 335. The van der Waals surface area contributed by atoms with Crippen molar-refractivity contribution in [2.24, 2.45) is 11.3 Å². The van der Waals surface area contributed by atoms with Crippen LogP contribution in [-0.4, -0.2) is 13.1 Å². The van der Waals surface area contributed by atoms with E-state index in [9.17, 15) is 0 Å². The van der Waals surface area contributed by atoms with Crippen molar-refractivity contribution in [2.45, 2.75) is 40.5 Å². The van der Waals surface area contributed by atoms with E-state index in [2.05, 4.69) is 60.4 Å². The normalized spacial score (nSPS) is 15.2. The second kappa shape index (κ2) is 6.91. The van der Waals surface area contributed by atoms with E-state index in [1.807, 2.05) is 11.3 Å². The van der Waals surface area contributed by atoms with Gasteiger partial charge in [-0.2, -0.15) is 0 Å². The van der Waals surface area contributed by atoms with E-state index in [0.29, 0.717) is 5.41 Å². The fourth-order valence-corrected chi connectivity index (χ4v) is 3.52. The number of hydrogen-bond acceptors (Lipinski definition) is 2. The van der Waals surface area contributed by atoms with Crippen LogP contribution in [0.15, 0.2) is 15.9 Å². The molecule has 1 atom stereocenters. The molecule has 0 aliphatic heterocycles. The molecule has 1 heterocycles. The van der Waals surface area contributed by atoms with E-state index in [0.717, 1.165) is 25.4 Å². The van der Waals surface area contributed by atoms with Crippen molar-refractivity contribution in [3.63, 3.8) is 0 Å². The van der Waals surface area contributed by atoms with Crippen LogP contribution in [0, 0.1) is 11.3 Å². The summed E-state index contributed by atoms with van der Waals surface area (Å²) < 4.78 is 1.27. The summed E-state index contributed by atoms with van der Waals surface area (Å²) >= 11 is 5.49. The van der Waals surface area contributed by atoms with Gasteiger partial charge in [-0.1, -0.05) is 27.7 Å². The lowest BCUT2D eigenvalue weighted by atomic mass is 9.83. The standard InChI is InChI=1S/C14H24BrNS/c1-5-14(4,10-16-9-11(2)3)8-13-12(15)6-7-17-13/h6-7,11,16H,5,8-10H2,1-4H3. The first-order chi connectivity index (χ1) is 7.97. The van der Waals surface area contributed by atoms with Crippen LogP contribution in [-0.2, 0) is 6.42 Å². The quantitative estimate of drug-likeness (QED) is 0.767. The predicted octanol–water partition coefficient (Wildman–Crippen LogP) is 4.72. The Balaban J connectivity index is 2.53. The Morgan fingerprint density at radius 3 is 2.65 bits per heavy atom. The summed E-state index contributed by atoms with van der Waals surface area (Å²) in [5.41, 5.74) is 0.363. The lowest BCUT2D eigenvalue weighted by Crippen LogP contribution is -2.34. The van der Waals surface area contributed by atoms with Crippen molar-refractivity contribution in [3.05, 3.63) is 20.8 Å². The van der Waals surface area contributed by atoms with Gasteiger partial charge in [0.1, 0.15) is 0 Å². The van der Waals surface area contributed by atoms with Crippen LogP contribution in [0.2, 0.25) is 0 Å². The van der Waals surface area contributed by atoms with Crippen LogP contribution in [0.3, 0.4) is 0 Å². The highest BCUT2D eigenvalue weighted by Crippen LogP contribution is 2.32. The number of nitrogens with one attached hydrogen (secondary N) is 1. The number of halogens is 1. The van der Waals surface area contributed by atoms with Gasteiger partial charge in [0.2, 0.25) is 0 Å². The maximum atomic E-state index is 3.63. The Morgan fingerprint density at radius 2 is 2.18 bits per heavy atom. The fraction of sp³-hybridized carbons (Fsp3) is 0.714. The van der Waals surface area contributed by atoms with Gasteiger partial charge in [0, 0.05) is 15.9 Å². The van der Waals surface area contributed by atoms with Gasteiger partial charge in [-0.15, -0.1) is 11.3 Å². The van der Waals surface area contributed by atoms with Gasteiger partial charge >= 0.3 is 0 Å². The molecule has 0 aromatic carbocycles. The summed E-state index contributed by atoms with van der Waals surface area (Å²) in [5, 5.41) is 5.76. The van der Waals surface area contributed by atoms with Gasteiger partial charge in [0.25, 0.3) is 0 Å². The first kappa shape index (κ1) is 15.2. The lowest BCUT2D eigenvalue weighted by molar-refractivity contribution is 0.287. The predicted molar refractivity (Wildman–Crippen MR) is 81.8 cm³/mol. The maximum Gasteiger partial charge on any atom is 0.0314 e. The van der Waals surface area contributed by atoms with Crippen LogP contribution >= 0.6 is 27.3 Å². The minimum atomic E-state index is 0.363. The summed E-state index contributed by atoms with van der Waals surface area (Å²) in [5.74, 6) is 0.726. The third kappa shape index (κ3) is 5.11. The molecule has 0 spiro atoms. The Kier molecular flexibility index (Phi) is 6.18. The molecule has 0 aliphatic carbocycles. The topological polar surface area (TPSA) is 12.0 Å². The summed E-state index contributed by atoms with van der Waals surface area (Å²) in [6.45, 7) is 11.4. The van der Waals surface area contributed by atoms with E-state index in [4.69, 9.17) is 0 Å². The molecule has 1 nitrogen and oxygen atoms in total. The van der Waals surface area contributed by atoms with Crippen LogP contribution < -0.4 is 5.32 Å². The first-order valence-corrected chi connectivity index (χ1v) is 8.06. The van der Waals surface area contributed by atoms with Crippen LogP contribution in [0.1, 0.15) is 39.0 Å². The third-order valence-corrected chi connectivity index (χ3v) is 5.16. The molecule has 1 aromatic rings. The zero-order valence-corrected chi connectivity index (χ0v) is 13.7. The highest BCUT2D eigenvalue weighted by atomic mass is 79.9. The Morgan fingerprint density at radius 1 is 1.47 bits per heavy atom. The molecular formula is C14H24BrNS. The largest absolute Gasteiger partial charge is 0.316 e. The van der Waals surface area contributed by atoms with E-state index in [-0.39, 0.29) is 0 Å². The molecule has 0 radical (unpaired) electrons. The minimum Gasteiger partial charge on any atom is -0.316 e. The van der Waals surface area contributed by atoms with Gasteiger partial charge in [-0.05, 0) is 58.1 Å². The second-order valence-corrected chi connectivity index (χ2v) is 7.41. The monoisotopic (exact) mass is 317 g/mol. The molecule has 0 aliphatic rings. The SMILES string of the molecule is CCC(C)(CNCC(C)C)Cc1sccc1Br. The molecule has 0 saturated heterocycles. The maximum absolute atomic E-state index is 3.63. The average Bonchev–Trinajstić information content (AvgIpc) is 2.64. The van der Waals surface area contributed by atoms with E-state index < -0.39 is 0 Å². The molecule has 1 aromatic heterocycles. The molecule has 3 heteroatoms. The summed E-state index contributed by atoms with van der Waals surface area (Å²) in [4.78, 5) is 1.47. The molecule has 98 valence electrons. The van der Waals surface area contributed by atoms with E-state index >= 15 is 0 Å². The Labute approximate surface area is 118 Å². The lowest BCUT2D eigenvalue weighted by Gasteiger charge is -2.29. The van der Waals surface area contributed by atoms with Crippen molar-refractivity contribution in [3.8, 4) is 0 Å². The van der Waals surface area contributed by atoms with Gasteiger partial charge in [-0.25, -0.2) is 0 Å². The number of thiophene rings is 1. The van der Waals surface area contributed by atoms with E-state index in [1.165, 1.54) is 15.8 Å².